The Morgan fingerprint density at radius 3 is 2.81 bits per heavy atom. The molecule has 2 aromatic rings. The molecular formula is C16H18N2O2S. The van der Waals surface area contributed by atoms with E-state index in [-0.39, 0.29) is 0 Å². The fourth-order valence-electron chi connectivity index (χ4n) is 3.01. The van der Waals surface area contributed by atoms with Gasteiger partial charge in [0.15, 0.2) is 0 Å². The first-order chi connectivity index (χ1) is 10.1. The normalized spacial score (nSPS) is 19.9. The van der Waals surface area contributed by atoms with Crippen LogP contribution in [0.3, 0.4) is 0 Å². The molecule has 0 unspecified atom stereocenters. The van der Waals surface area contributed by atoms with Crippen LogP contribution in [0.2, 0.25) is 0 Å². The number of fused-ring (bicyclic) bond motifs is 1. The highest BCUT2D eigenvalue weighted by molar-refractivity contribution is 8.00. The molecule has 0 atom stereocenters. The summed E-state index contributed by atoms with van der Waals surface area (Å²) >= 11 is 1.93. The summed E-state index contributed by atoms with van der Waals surface area (Å²) in [6.07, 6.45) is 7.02. The van der Waals surface area contributed by atoms with Gasteiger partial charge in [0.1, 0.15) is 11.3 Å². The summed E-state index contributed by atoms with van der Waals surface area (Å²) in [5.74, 6) is 0.731. The Morgan fingerprint density at radius 1 is 1.48 bits per heavy atom. The van der Waals surface area contributed by atoms with Crippen LogP contribution < -0.4 is 0 Å². The van der Waals surface area contributed by atoms with Crippen molar-refractivity contribution in [3.8, 4) is 0 Å². The number of nitrogens with zero attached hydrogens (tertiary/aromatic N) is 2. The van der Waals surface area contributed by atoms with E-state index < -0.39 is 5.97 Å². The average Bonchev–Trinajstić information content (AvgIpc) is 3.38. The Morgan fingerprint density at radius 2 is 2.24 bits per heavy atom. The minimum absolute atomic E-state index is 0.321. The maximum Gasteiger partial charge on any atom is 0.337 e. The van der Waals surface area contributed by atoms with Gasteiger partial charge in [-0.05, 0) is 44.1 Å². The van der Waals surface area contributed by atoms with Crippen molar-refractivity contribution in [1.29, 1.82) is 0 Å². The number of carbonyl (C=O) groups is 1. The smallest absolute Gasteiger partial charge is 0.337 e. The highest BCUT2D eigenvalue weighted by Gasteiger charge is 2.44. The summed E-state index contributed by atoms with van der Waals surface area (Å²) in [7, 11) is 0. The van der Waals surface area contributed by atoms with Gasteiger partial charge in [-0.2, -0.15) is 11.8 Å². The van der Waals surface area contributed by atoms with E-state index in [1.165, 1.54) is 25.7 Å². The molecule has 1 N–H and O–H groups in total. The molecule has 5 heteroatoms. The number of carboxylic acid groups (broad SMARTS) is 1. The van der Waals surface area contributed by atoms with E-state index in [1.54, 1.807) is 6.07 Å². The highest BCUT2D eigenvalue weighted by atomic mass is 32.2. The van der Waals surface area contributed by atoms with Gasteiger partial charge in [0, 0.05) is 17.2 Å². The molecule has 2 aliphatic rings. The van der Waals surface area contributed by atoms with Crippen LogP contribution in [0.15, 0.2) is 18.2 Å². The first-order valence-electron chi connectivity index (χ1n) is 7.41. The summed E-state index contributed by atoms with van der Waals surface area (Å²) in [5, 5.41) is 9.37. The minimum Gasteiger partial charge on any atom is -0.478 e. The maximum absolute atomic E-state index is 11.4. The lowest BCUT2D eigenvalue weighted by Gasteiger charge is -2.16. The third-order valence-corrected chi connectivity index (χ3v) is 6.07. The Hall–Kier alpha value is -1.49. The largest absolute Gasteiger partial charge is 0.478 e. The van der Waals surface area contributed by atoms with Gasteiger partial charge in [-0.1, -0.05) is 6.07 Å². The van der Waals surface area contributed by atoms with E-state index in [4.69, 9.17) is 4.98 Å². The van der Waals surface area contributed by atoms with E-state index in [2.05, 4.69) is 10.8 Å². The standard InChI is InChI=1S/C16H18N2O2S/c1-21-16(7-8-16)9-18-12-4-2-3-11(15(19)20)13(12)17-14(18)10-5-6-10/h2-4,10H,5-9H2,1H3,(H,19,20). The molecule has 4 nitrogen and oxygen atoms in total. The van der Waals surface area contributed by atoms with Crippen molar-refractivity contribution in [3.05, 3.63) is 29.6 Å². The van der Waals surface area contributed by atoms with Gasteiger partial charge in [0.25, 0.3) is 0 Å². The summed E-state index contributed by atoms with van der Waals surface area (Å²) in [6, 6.07) is 5.50. The van der Waals surface area contributed by atoms with Gasteiger partial charge in [0.2, 0.25) is 0 Å². The Kier molecular flexibility index (Phi) is 2.83. The lowest BCUT2D eigenvalue weighted by molar-refractivity contribution is 0.0699. The predicted octanol–water partition coefficient (Wildman–Crippen LogP) is 3.51. The van der Waals surface area contributed by atoms with Crippen molar-refractivity contribution < 1.29 is 9.90 Å². The molecule has 2 saturated carbocycles. The third-order valence-electron chi connectivity index (χ3n) is 4.67. The van der Waals surface area contributed by atoms with E-state index in [0.29, 0.717) is 21.7 Å². The molecule has 1 aromatic heterocycles. The lowest BCUT2D eigenvalue weighted by atomic mass is 10.2. The highest BCUT2D eigenvalue weighted by Crippen LogP contribution is 2.50. The number of imidazole rings is 1. The SMILES string of the molecule is CSC1(Cn2c(C3CC3)nc3c(C(=O)O)cccc32)CC1. The van der Waals surface area contributed by atoms with Crippen LogP contribution in [0.25, 0.3) is 11.0 Å². The summed E-state index contributed by atoms with van der Waals surface area (Å²) in [6.45, 7) is 0.958. The average molecular weight is 302 g/mol. The van der Waals surface area contributed by atoms with Crippen molar-refractivity contribution in [1.82, 2.24) is 9.55 Å². The molecule has 1 aromatic carbocycles. The van der Waals surface area contributed by atoms with E-state index in [9.17, 15) is 9.90 Å². The molecule has 1 heterocycles. The van der Waals surface area contributed by atoms with E-state index >= 15 is 0 Å². The van der Waals surface area contributed by atoms with E-state index in [0.717, 1.165) is 17.9 Å². The molecule has 0 spiro atoms. The topological polar surface area (TPSA) is 55.1 Å². The fraction of sp³-hybridized carbons (Fsp3) is 0.500. The van der Waals surface area contributed by atoms with E-state index in [1.807, 2.05) is 23.9 Å². The number of aromatic nitrogens is 2. The Bertz CT molecular complexity index is 729. The van der Waals surface area contributed by atoms with Crippen molar-refractivity contribution in [2.45, 2.75) is 42.9 Å². The molecule has 0 aliphatic heterocycles. The fourth-order valence-corrected chi connectivity index (χ4v) is 3.78. The third kappa shape index (κ3) is 2.14. The van der Waals surface area contributed by atoms with Gasteiger partial charge in [0.05, 0.1) is 11.1 Å². The lowest BCUT2D eigenvalue weighted by Crippen LogP contribution is -2.15. The zero-order valence-corrected chi connectivity index (χ0v) is 12.8. The minimum atomic E-state index is -0.890. The molecule has 0 amide bonds. The molecule has 4 rings (SSSR count). The number of benzene rings is 1. The van der Waals surface area contributed by atoms with Gasteiger partial charge in [-0.25, -0.2) is 9.78 Å². The molecule has 21 heavy (non-hydrogen) atoms. The second kappa shape index (κ2) is 4.50. The van der Waals surface area contributed by atoms with Crippen LogP contribution in [0.1, 0.15) is 47.8 Å². The second-order valence-corrected chi connectivity index (χ2v) is 7.47. The van der Waals surface area contributed by atoms with Crippen LogP contribution in [-0.2, 0) is 6.54 Å². The van der Waals surface area contributed by atoms with Crippen LogP contribution in [-0.4, -0.2) is 31.6 Å². The molecule has 110 valence electrons. The zero-order chi connectivity index (χ0) is 14.6. The Labute approximate surface area is 127 Å². The zero-order valence-electron chi connectivity index (χ0n) is 12.0. The monoisotopic (exact) mass is 302 g/mol. The molecule has 0 saturated heterocycles. The number of rotatable bonds is 5. The Balaban J connectivity index is 1.88. The number of para-hydroxylation sites is 1. The molecule has 0 radical (unpaired) electrons. The second-order valence-electron chi connectivity index (χ2n) is 6.20. The van der Waals surface area contributed by atoms with Gasteiger partial charge >= 0.3 is 5.97 Å². The van der Waals surface area contributed by atoms with Crippen LogP contribution in [0.4, 0.5) is 0 Å². The van der Waals surface area contributed by atoms with Crippen LogP contribution in [0.5, 0.6) is 0 Å². The van der Waals surface area contributed by atoms with Gasteiger partial charge < -0.3 is 9.67 Å². The predicted molar refractivity (Wildman–Crippen MR) is 84.1 cm³/mol. The summed E-state index contributed by atoms with van der Waals surface area (Å²) < 4.78 is 2.64. The van der Waals surface area contributed by atoms with Crippen molar-refractivity contribution in [2.24, 2.45) is 0 Å². The summed E-state index contributed by atoms with van der Waals surface area (Å²) in [5.41, 5.74) is 1.96. The van der Waals surface area contributed by atoms with Crippen molar-refractivity contribution in [3.63, 3.8) is 0 Å². The van der Waals surface area contributed by atoms with Crippen LogP contribution >= 0.6 is 11.8 Å². The number of thioether (sulfide) groups is 1. The van der Waals surface area contributed by atoms with Crippen molar-refractivity contribution >= 4 is 28.8 Å². The molecule has 2 aliphatic carbocycles. The maximum atomic E-state index is 11.4. The quantitative estimate of drug-likeness (QED) is 0.918. The number of aromatic carboxylic acids is 1. The number of carboxylic acids is 1. The molecule has 0 bridgehead atoms. The van der Waals surface area contributed by atoms with Crippen LogP contribution in [0, 0.1) is 0 Å². The van der Waals surface area contributed by atoms with Gasteiger partial charge in [-0.15, -0.1) is 0 Å². The van der Waals surface area contributed by atoms with Crippen molar-refractivity contribution in [2.75, 3.05) is 6.26 Å². The number of hydrogen-bond donors (Lipinski definition) is 1. The first-order valence-corrected chi connectivity index (χ1v) is 8.64. The molecule has 2 fully saturated rings. The molecular weight excluding hydrogens is 284 g/mol. The first kappa shape index (κ1) is 13.2. The number of hydrogen-bond acceptors (Lipinski definition) is 3. The van der Waals surface area contributed by atoms with Gasteiger partial charge in [-0.3, -0.25) is 0 Å². The summed E-state index contributed by atoms with van der Waals surface area (Å²) in [4.78, 5) is 16.1.